The zero-order chi connectivity index (χ0) is 11.5. The highest BCUT2D eigenvalue weighted by Gasteiger charge is 2.27. The minimum atomic E-state index is -0.0937. The maximum absolute atomic E-state index is 11.5. The molecule has 0 spiro atoms. The molecule has 0 aliphatic carbocycles. The number of likely N-dealkylation sites (N-methyl/N-ethyl adjacent to an activating group) is 1. The molecule has 90 valence electrons. The molecule has 6 heteroatoms. The van der Waals surface area contributed by atoms with Crippen molar-refractivity contribution in [2.45, 2.75) is 6.10 Å². The van der Waals surface area contributed by atoms with Gasteiger partial charge < -0.3 is 19.9 Å². The van der Waals surface area contributed by atoms with E-state index in [0.29, 0.717) is 13.2 Å². The van der Waals surface area contributed by atoms with Gasteiger partial charge in [0.2, 0.25) is 11.8 Å². The lowest BCUT2D eigenvalue weighted by atomic mass is 10.2. The Morgan fingerprint density at radius 1 is 1.50 bits per heavy atom. The largest absolute Gasteiger partial charge is 0.374 e. The van der Waals surface area contributed by atoms with Crippen LogP contribution in [0.2, 0.25) is 0 Å². The van der Waals surface area contributed by atoms with Crippen molar-refractivity contribution >= 4 is 11.8 Å². The molecule has 1 unspecified atom stereocenters. The first-order chi connectivity index (χ1) is 7.65. The number of nitrogens with zero attached hydrogens (tertiary/aromatic N) is 2. The quantitative estimate of drug-likeness (QED) is 0.609. The summed E-state index contributed by atoms with van der Waals surface area (Å²) in [7, 11) is 2.03. The monoisotopic (exact) mass is 227 g/mol. The van der Waals surface area contributed by atoms with E-state index in [0.717, 1.165) is 13.1 Å². The molecule has 0 bridgehead atoms. The van der Waals surface area contributed by atoms with Crippen molar-refractivity contribution in [3.63, 3.8) is 0 Å². The fourth-order valence-corrected chi connectivity index (χ4v) is 1.99. The number of morpholine rings is 1. The summed E-state index contributed by atoms with van der Waals surface area (Å²) < 4.78 is 5.57. The van der Waals surface area contributed by atoms with E-state index in [4.69, 9.17) is 4.74 Å². The average Bonchev–Trinajstić information content (AvgIpc) is 2.24. The molecule has 2 amide bonds. The van der Waals surface area contributed by atoms with E-state index < -0.39 is 0 Å². The van der Waals surface area contributed by atoms with Crippen LogP contribution in [0.1, 0.15) is 0 Å². The van der Waals surface area contributed by atoms with Crippen LogP contribution in [-0.4, -0.2) is 74.1 Å². The highest BCUT2D eigenvalue weighted by molar-refractivity contribution is 5.92. The molecule has 2 heterocycles. The van der Waals surface area contributed by atoms with Gasteiger partial charge in [-0.25, -0.2) is 0 Å². The minimum Gasteiger partial charge on any atom is -0.374 e. The van der Waals surface area contributed by atoms with Crippen molar-refractivity contribution in [2.24, 2.45) is 0 Å². The third-order valence-electron chi connectivity index (χ3n) is 2.89. The lowest BCUT2D eigenvalue weighted by molar-refractivity contribution is -0.143. The van der Waals surface area contributed by atoms with Crippen molar-refractivity contribution in [3.8, 4) is 0 Å². The first-order valence-corrected chi connectivity index (χ1v) is 5.50. The summed E-state index contributed by atoms with van der Waals surface area (Å²) in [6, 6.07) is 0. The molecule has 2 aliphatic heterocycles. The number of hydrogen-bond donors (Lipinski definition) is 1. The van der Waals surface area contributed by atoms with Gasteiger partial charge in [0.25, 0.3) is 0 Å². The highest BCUT2D eigenvalue weighted by atomic mass is 16.5. The zero-order valence-corrected chi connectivity index (χ0v) is 9.44. The molecule has 1 N–H and O–H groups in total. The van der Waals surface area contributed by atoms with Crippen molar-refractivity contribution in [1.29, 1.82) is 0 Å². The van der Waals surface area contributed by atoms with Crippen molar-refractivity contribution in [1.82, 2.24) is 15.1 Å². The number of carbonyl (C=O) groups excluding carboxylic acids is 2. The van der Waals surface area contributed by atoms with Crippen LogP contribution in [0.3, 0.4) is 0 Å². The Balaban J connectivity index is 1.87. The zero-order valence-electron chi connectivity index (χ0n) is 9.44. The van der Waals surface area contributed by atoms with Crippen molar-refractivity contribution < 1.29 is 14.3 Å². The van der Waals surface area contributed by atoms with Crippen LogP contribution in [0.25, 0.3) is 0 Å². The van der Waals surface area contributed by atoms with Crippen LogP contribution in [0.15, 0.2) is 0 Å². The van der Waals surface area contributed by atoms with E-state index in [1.807, 2.05) is 7.05 Å². The van der Waals surface area contributed by atoms with Gasteiger partial charge in [-0.15, -0.1) is 0 Å². The fourth-order valence-electron chi connectivity index (χ4n) is 1.99. The Kier molecular flexibility index (Phi) is 3.40. The van der Waals surface area contributed by atoms with Gasteiger partial charge in [-0.2, -0.15) is 0 Å². The number of ether oxygens (including phenoxy) is 1. The first kappa shape index (κ1) is 11.3. The normalized spacial score (nSPS) is 28.1. The Morgan fingerprint density at radius 2 is 2.31 bits per heavy atom. The second kappa shape index (κ2) is 4.80. The van der Waals surface area contributed by atoms with E-state index in [-0.39, 0.29) is 31.0 Å². The Hall–Kier alpha value is -1.14. The maximum Gasteiger partial charge on any atom is 0.242 e. The van der Waals surface area contributed by atoms with Crippen LogP contribution in [0.4, 0.5) is 0 Å². The molecule has 0 radical (unpaired) electrons. The number of hydrogen-bond acceptors (Lipinski definition) is 4. The van der Waals surface area contributed by atoms with E-state index in [9.17, 15) is 9.59 Å². The lowest BCUT2D eigenvalue weighted by Gasteiger charge is -2.35. The lowest BCUT2D eigenvalue weighted by Crippen LogP contribution is -2.55. The summed E-state index contributed by atoms with van der Waals surface area (Å²) >= 11 is 0. The molecule has 2 saturated heterocycles. The molecular weight excluding hydrogens is 210 g/mol. The van der Waals surface area contributed by atoms with Crippen LogP contribution in [0.5, 0.6) is 0 Å². The molecule has 2 aliphatic rings. The summed E-state index contributed by atoms with van der Waals surface area (Å²) in [4.78, 5) is 26.4. The maximum atomic E-state index is 11.5. The van der Waals surface area contributed by atoms with Crippen LogP contribution in [0, 0.1) is 0 Å². The predicted molar refractivity (Wildman–Crippen MR) is 56.8 cm³/mol. The third kappa shape index (κ3) is 2.70. The molecule has 6 nitrogen and oxygen atoms in total. The van der Waals surface area contributed by atoms with Crippen molar-refractivity contribution in [2.75, 3.05) is 46.4 Å². The third-order valence-corrected chi connectivity index (χ3v) is 2.89. The molecule has 0 aromatic rings. The molecule has 1 atom stereocenters. The SMILES string of the molecule is CN1CCOC(CN2CC(=O)NCC2=O)C1. The number of rotatable bonds is 2. The summed E-state index contributed by atoms with van der Waals surface area (Å²) in [5.41, 5.74) is 0. The molecule has 16 heavy (non-hydrogen) atoms. The first-order valence-electron chi connectivity index (χ1n) is 5.50. The fraction of sp³-hybridized carbons (Fsp3) is 0.800. The van der Waals surface area contributed by atoms with Gasteiger partial charge in [0.15, 0.2) is 0 Å². The Labute approximate surface area is 94.5 Å². The van der Waals surface area contributed by atoms with E-state index in [1.54, 1.807) is 4.90 Å². The topological polar surface area (TPSA) is 61.9 Å². The van der Waals surface area contributed by atoms with Gasteiger partial charge in [0.05, 0.1) is 25.8 Å². The van der Waals surface area contributed by atoms with E-state index in [1.165, 1.54) is 0 Å². The Morgan fingerprint density at radius 3 is 3.06 bits per heavy atom. The summed E-state index contributed by atoms with van der Waals surface area (Å²) in [5.74, 6) is -0.125. The predicted octanol–water partition coefficient (Wildman–Crippen LogP) is -1.72. The van der Waals surface area contributed by atoms with Gasteiger partial charge in [0, 0.05) is 19.6 Å². The van der Waals surface area contributed by atoms with Crippen LogP contribution in [-0.2, 0) is 14.3 Å². The molecular formula is C10H17N3O3. The number of carbonyl (C=O) groups is 2. The molecule has 0 saturated carbocycles. The van der Waals surface area contributed by atoms with Crippen molar-refractivity contribution in [3.05, 3.63) is 0 Å². The van der Waals surface area contributed by atoms with Crippen LogP contribution >= 0.6 is 0 Å². The van der Waals surface area contributed by atoms with Gasteiger partial charge in [0.1, 0.15) is 0 Å². The van der Waals surface area contributed by atoms with Gasteiger partial charge in [-0.1, -0.05) is 0 Å². The molecule has 2 rings (SSSR count). The van der Waals surface area contributed by atoms with Gasteiger partial charge >= 0.3 is 0 Å². The Bertz CT molecular complexity index is 295. The standard InChI is InChI=1S/C10H17N3O3/c1-12-2-3-16-8(5-12)6-13-7-9(14)11-4-10(13)15/h8H,2-7H2,1H3,(H,11,14). The van der Waals surface area contributed by atoms with Gasteiger partial charge in [-0.05, 0) is 7.05 Å². The van der Waals surface area contributed by atoms with E-state index in [2.05, 4.69) is 10.2 Å². The summed E-state index contributed by atoms with van der Waals surface area (Å²) in [6.45, 7) is 3.20. The average molecular weight is 227 g/mol. The number of piperazine rings is 1. The van der Waals surface area contributed by atoms with Crippen LogP contribution < -0.4 is 5.32 Å². The molecule has 2 fully saturated rings. The summed E-state index contributed by atoms with van der Waals surface area (Å²) in [5, 5.41) is 2.53. The molecule has 0 aromatic carbocycles. The molecule has 0 aromatic heterocycles. The van der Waals surface area contributed by atoms with Gasteiger partial charge in [-0.3, -0.25) is 9.59 Å². The van der Waals surface area contributed by atoms with E-state index >= 15 is 0 Å². The second-order valence-electron chi connectivity index (χ2n) is 4.31. The highest BCUT2D eigenvalue weighted by Crippen LogP contribution is 2.06. The minimum absolute atomic E-state index is 0.0219. The second-order valence-corrected chi connectivity index (χ2v) is 4.31. The smallest absolute Gasteiger partial charge is 0.242 e. The summed E-state index contributed by atoms with van der Waals surface area (Å²) in [6.07, 6.45) is 0.0219. The number of amides is 2. The number of nitrogens with one attached hydrogen (secondary N) is 1.